The van der Waals surface area contributed by atoms with E-state index in [9.17, 15) is 8.78 Å². The van der Waals surface area contributed by atoms with Crippen molar-refractivity contribution in [2.24, 2.45) is 11.8 Å². The van der Waals surface area contributed by atoms with Gasteiger partial charge in [0.05, 0.1) is 5.92 Å². The summed E-state index contributed by atoms with van der Waals surface area (Å²) in [7, 11) is 0. The number of hydrogen-bond donors (Lipinski definition) is 0. The molecule has 3 fully saturated rings. The SMILES string of the molecule is CC[C@@]12CCN1CC1C2C1(F)F. The molecule has 2 unspecified atom stereocenters. The van der Waals surface area contributed by atoms with Crippen LogP contribution in [0, 0.1) is 11.8 Å². The fourth-order valence-corrected chi connectivity index (χ4v) is 3.39. The minimum absolute atomic E-state index is 0.0752. The van der Waals surface area contributed by atoms with Crippen LogP contribution in [0.5, 0.6) is 0 Å². The molecule has 0 radical (unpaired) electrons. The maximum Gasteiger partial charge on any atom is 0.257 e. The first-order valence-electron chi connectivity index (χ1n) is 4.76. The van der Waals surface area contributed by atoms with Crippen molar-refractivity contribution in [2.75, 3.05) is 13.1 Å². The third-order valence-electron chi connectivity index (χ3n) is 4.25. The molecule has 0 bridgehead atoms. The molecule has 0 N–H and O–H groups in total. The summed E-state index contributed by atoms with van der Waals surface area (Å²) in [6.45, 7) is 3.76. The van der Waals surface area contributed by atoms with E-state index in [2.05, 4.69) is 4.90 Å². The van der Waals surface area contributed by atoms with Crippen molar-refractivity contribution in [3.05, 3.63) is 0 Å². The Kier molecular flexibility index (Phi) is 1.02. The molecule has 3 heteroatoms. The van der Waals surface area contributed by atoms with Gasteiger partial charge in [-0.05, 0) is 12.8 Å². The number of fused-ring (bicyclic) bond motifs is 3. The van der Waals surface area contributed by atoms with E-state index in [1.54, 1.807) is 0 Å². The van der Waals surface area contributed by atoms with E-state index in [-0.39, 0.29) is 17.4 Å². The molecule has 3 atom stereocenters. The van der Waals surface area contributed by atoms with Gasteiger partial charge in [0.25, 0.3) is 5.92 Å². The lowest BCUT2D eigenvalue weighted by Gasteiger charge is -2.50. The molecule has 0 spiro atoms. The Bertz CT molecular complexity index is 237. The van der Waals surface area contributed by atoms with Crippen molar-refractivity contribution in [1.29, 1.82) is 0 Å². The van der Waals surface area contributed by atoms with Gasteiger partial charge in [-0.3, -0.25) is 4.90 Å². The van der Waals surface area contributed by atoms with Crippen LogP contribution >= 0.6 is 0 Å². The van der Waals surface area contributed by atoms with E-state index in [4.69, 9.17) is 0 Å². The summed E-state index contributed by atoms with van der Waals surface area (Å²) in [5.74, 6) is -2.89. The Morgan fingerprint density at radius 3 is 2.67 bits per heavy atom. The molecule has 1 aliphatic carbocycles. The predicted molar refractivity (Wildman–Crippen MR) is 41.1 cm³/mol. The Morgan fingerprint density at radius 2 is 2.25 bits per heavy atom. The summed E-state index contributed by atoms with van der Waals surface area (Å²) in [5.41, 5.74) is -0.0752. The fourth-order valence-electron chi connectivity index (χ4n) is 3.39. The molecule has 1 saturated carbocycles. The minimum Gasteiger partial charge on any atom is -0.297 e. The van der Waals surface area contributed by atoms with E-state index >= 15 is 0 Å². The Balaban J connectivity index is 1.93. The summed E-state index contributed by atoms with van der Waals surface area (Å²) in [6, 6.07) is 0. The third-order valence-corrected chi connectivity index (χ3v) is 4.25. The van der Waals surface area contributed by atoms with Crippen LogP contribution in [0.25, 0.3) is 0 Å². The van der Waals surface area contributed by atoms with Gasteiger partial charge in [-0.15, -0.1) is 0 Å². The molecular formula is C9H13F2N. The van der Waals surface area contributed by atoms with Gasteiger partial charge in [-0.2, -0.15) is 0 Å². The molecule has 0 aromatic heterocycles. The van der Waals surface area contributed by atoms with Crippen LogP contribution in [0.2, 0.25) is 0 Å². The highest BCUT2D eigenvalue weighted by atomic mass is 19.3. The van der Waals surface area contributed by atoms with Crippen molar-refractivity contribution < 1.29 is 8.78 Å². The van der Waals surface area contributed by atoms with Crippen LogP contribution in [0.15, 0.2) is 0 Å². The molecule has 12 heavy (non-hydrogen) atoms. The number of rotatable bonds is 1. The van der Waals surface area contributed by atoms with E-state index in [0.29, 0.717) is 6.54 Å². The maximum atomic E-state index is 13.1. The van der Waals surface area contributed by atoms with E-state index in [0.717, 1.165) is 19.4 Å². The van der Waals surface area contributed by atoms with Crippen molar-refractivity contribution in [3.63, 3.8) is 0 Å². The standard InChI is InChI=1S/C9H13F2N/c1-2-8-3-4-12(8)5-6-7(8)9(6,10)11/h6-7H,2-5H2,1H3/t6?,7?,8-/m0/s1. The summed E-state index contributed by atoms with van der Waals surface area (Å²) < 4.78 is 26.2. The molecule has 68 valence electrons. The second kappa shape index (κ2) is 1.69. The molecular weight excluding hydrogens is 160 g/mol. The monoisotopic (exact) mass is 173 g/mol. The average Bonchev–Trinajstić information content (AvgIpc) is 2.39. The van der Waals surface area contributed by atoms with E-state index in [1.165, 1.54) is 0 Å². The van der Waals surface area contributed by atoms with Gasteiger partial charge >= 0.3 is 0 Å². The van der Waals surface area contributed by atoms with Gasteiger partial charge < -0.3 is 0 Å². The Morgan fingerprint density at radius 1 is 1.50 bits per heavy atom. The van der Waals surface area contributed by atoms with E-state index < -0.39 is 5.92 Å². The Hall–Kier alpha value is -0.180. The zero-order chi connectivity index (χ0) is 8.56. The zero-order valence-electron chi connectivity index (χ0n) is 7.19. The number of piperidine rings is 1. The fraction of sp³-hybridized carbons (Fsp3) is 1.00. The van der Waals surface area contributed by atoms with Crippen molar-refractivity contribution in [3.8, 4) is 0 Å². The van der Waals surface area contributed by atoms with Gasteiger partial charge in [0.15, 0.2) is 0 Å². The molecule has 2 saturated heterocycles. The van der Waals surface area contributed by atoms with Gasteiger partial charge in [-0.25, -0.2) is 8.78 Å². The quantitative estimate of drug-likeness (QED) is 0.583. The lowest BCUT2D eigenvalue weighted by atomic mass is 9.79. The zero-order valence-corrected chi connectivity index (χ0v) is 7.19. The smallest absolute Gasteiger partial charge is 0.257 e. The maximum absolute atomic E-state index is 13.1. The highest BCUT2D eigenvalue weighted by Gasteiger charge is 2.81. The highest BCUT2D eigenvalue weighted by molar-refractivity contribution is 5.27. The van der Waals surface area contributed by atoms with E-state index in [1.807, 2.05) is 6.92 Å². The van der Waals surface area contributed by atoms with Crippen LogP contribution in [-0.2, 0) is 0 Å². The first kappa shape index (κ1) is 7.25. The van der Waals surface area contributed by atoms with Gasteiger partial charge in [0, 0.05) is 24.5 Å². The molecule has 2 heterocycles. The second-order valence-corrected chi connectivity index (χ2v) is 4.41. The van der Waals surface area contributed by atoms with Crippen molar-refractivity contribution >= 4 is 0 Å². The van der Waals surface area contributed by atoms with Crippen LogP contribution in [0.4, 0.5) is 8.78 Å². The summed E-state index contributed by atoms with van der Waals surface area (Å²) in [4.78, 5) is 2.26. The summed E-state index contributed by atoms with van der Waals surface area (Å²) in [6.07, 6.45) is 1.91. The first-order chi connectivity index (χ1) is 5.63. The number of hydrogen-bond acceptors (Lipinski definition) is 1. The molecule has 0 aromatic carbocycles. The Labute approximate surface area is 70.7 Å². The van der Waals surface area contributed by atoms with Crippen molar-refractivity contribution in [2.45, 2.75) is 31.2 Å². The lowest BCUT2D eigenvalue weighted by molar-refractivity contribution is -0.0665. The van der Waals surface area contributed by atoms with Crippen LogP contribution in [-0.4, -0.2) is 29.5 Å². The second-order valence-electron chi connectivity index (χ2n) is 4.41. The topological polar surface area (TPSA) is 3.24 Å². The molecule has 3 rings (SSSR count). The normalized spacial score (nSPS) is 54.2. The van der Waals surface area contributed by atoms with Gasteiger partial charge in [0.1, 0.15) is 0 Å². The number of halogens is 2. The number of nitrogens with zero attached hydrogens (tertiary/aromatic N) is 1. The van der Waals surface area contributed by atoms with Crippen LogP contribution < -0.4 is 0 Å². The summed E-state index contributed by atoms with van der Waals surface area (Å²) in [5, 5.41) is 0. The summed E-state index contributed by atoms with van der Waals surface area (Å²) >= 11 is 0. The molecule has 3 aliphatic rings. The lowest BCUT2D eigenvalue weighted by Crippen LogP contribution is -2.59. The van der Waals surface area contributed by atoms with Crippen LogP contribution in [0.3, 0.4) is 0 Å². The van der Waals surface area contributed by atoms with Gasteiger partial charge in [0.2, 0.25) is 0 Å². The number of alkyl halides is 2. The first-order valence-corrected chi connectivity index (χ1v) is 4.76. The molecule has 0 amide bonds. The predicted octanol–water partition coefficient (Wildman–Crippen LogP) is 1.74. The highest BCUT2D eigenvalue weighted by Crippen LogP contribution is 2.70. The molecule has 1 nitrogen and oxygen atoms in total. The van der Waals surface area contributed by atoms with Crippen molar-refractivity contribution in [1.82, 2.24) is 4.90 Å². The minimum atomic E-state index is -2.31. The van der Waals surface area contributed by atoms with Crippen LogP contribution in [0.1, 0.15) is 19.8 Å². The largest absolute Gasteiger partial charge is 0.297 e. The molecule has 0 aromatic rings. The third kappa shape index (κ3) is 0.507. The molecule has 2 aliphatic heterocycles. The average molecular weight is 173 g/mol. The van der Waals surface area contributed by atoms with Gasteiger partial charge in [-0.1, -0.05) is 6.92 Å².